The van der Waals surface area contributed by atoms with Crippen molar-refractivity contribution in [1.29, 1.82) is 0 Å². The van der Waals surface area contributed by atoms with Gasteiger partial charge < -0.3 is 21.3 Å². The van der Waals surface area contributed by atoms with Crippen LogP contribution >= 0.6 is 0 Å². The summed E-state index contributed by atoms with van der Waals surface area (Å²) in [4.78, 5) is 37.4. The summed E-state index contributed by atoms with van der Waals surface area (Å²) in [6, 6.07) is 7.19. The lowest BCUT2D eigenvalue weighted by molar-refractivity contribution is -0.129. The Labute approximate surface area is 140 Å². The number of primary amides is 1. The Bertz CT molecular complexity index is 644. The van der Waals surface area contributed by atoms with E-state index in [0.29, 0.717) is 31.6 Å². The van der Waals surface area contributed by atoms with Crippen LogP contribution in [0.5, 0.6) is 0 Å². The van der Waals surface area contributed by atoms with Crippen molar-refractivity contribution >= 4 is 29.1 Å². The van der Waals surface area contributed by atoms with Crippen molar-refractivity contribution in [1.82, 2.24) is 5.32 Å². The van der Waals surface area contributed by atoms with Gasteiger partial charge in [0.2, 0.25) is 17.7 Å². The zero-order valence-electron chi connectivity index (χ0n) is 13.5. The number of hydrogen-bond donors (Lipinski definition) is 3. The molecule has 1 saturated carbocycles. The molecular weight excluding hydrogens is 308 g/mol. The molecule has 0 aromatic heterocycles. The Morgan fingerprint density at radius 1 is 1.17 bits per heavy atom. The van der Waals surface area contributed by atoms with E-state index in [1.807, 2.05) is 12.1 Å². The number of rotatable bonds is 4. The molecule has 7 heteroatoms. The molecule has 128 valence electrons. The summed E-state index contributed by atoms with van der Waals surface area (Å²) in [6.45, 7) is 1.74. The number of nitrogens with zero attached hydrogens (tertiary/aromatic N) is 1. The maximum absolute atomic E-state index is 12.4. The maximum Gasteiger partial charge on any atom is 0.240 e. The van der Waals surface area contributed by atoms with Crippen LogP contribution in [0, 0.1) is 11.8 Å². The fourth-order valence-corrected chi connectivity index (χ4v) is 3.45. The second kappa shape index (κ2) is 7.00. The number of carbonyl (C=O) groups excluding carboxylic acids is 3. The third kappa shape index (κ3) is 3.41. The van der Waals surface area contributed by atoms with Crippen molar-refractivity contribution in [2.75, 3.05) is 29.9 Å². The van der Waals surface area contributed by atoms with E-state index in [2.05, 4.69) is 10.6 Å². The third-order valence-corrected chi connectivity index (χ3v) is 4.75. The predicted octanol–water partition coefficient (Wildman–Crippen LogP) is 0.463. The summed E-state index contributed by atoms with van der Waals surface area (Å²) < 4.78 is 0. The van der Waals surface area contributed by atoms with Crippen LogP contribution in [0.2, 0.25) is 0 Å². The number of anilines is 2. The molecule has 7 nitrogen and oxygen atoms in total. The van der Waals surface area contributed by atoms with Crippen LogP contribution < -0.4 is 21.3 Å². The molecule has 24 heavy (non-hydrogen) atoms. The fraction of sp³-hybridized carbons (Fsp3) is 0.471. The molecule has 0 spiro atoms. The Hall–Kier alpha value is -2.41. The topological polar surface area (TPSA) is 105 Å². The molecule has 1 aromatic carbocycles. The van der Waals surface area contributed by atoms with Crippen molar-refractivity contribution in [3.63, 3.8) is 0 Å². The van der Waals surface area contributed by atoms with Gasteiger partial charge in [0.25, 0.3) is 0 Å². The summed E-state index contributed by atoms with van der Waals surface area (Å²) in [5.41, 5.74) is 6.84. The molecule has 1 aromatic rings. The van der Waals surface area contributed by atoms with Crippen LogP contribution in [0.25, 0.3) is 0 Å². The van der Waals surface area contributed by atoms with Crippen LogP contribution in [0.3, 0.4) is 0 Å². The van der Waals surface area contributed by atoms with E-state index in [9.17, 15) is 14.4 Å². The van der Waals surface area contributed by atoms with Crippen molar-refractivity contribution in [3.8, 4) is 0 Å². The Kier molecular flexibility index (Phi) is 4.80. The SMILES string of the molecule is NC(=O)C1CCCC1C(=O)Nc1ccc(N2CCNCC2=O)cc1. The van der Waals surface area contributed by atoms with Crippen LogP contribution in [0.15, 0.2) is 24.3 Å². The molecule has 0 bridgehead atoms. The quantitative estimate of drug-likeness (QED) is 0.746. The minimum absolute atomic E-state index is 0.0355. The van der Waals surface area contributed by atoms with Crippen molar-refractivity contribution < 1.29 is 14.4 Å². The Morgan fingerprint density at radius 3 is 2.54 bits per heavy atom. The third-order valence-electron chi connectivity index (χ3n) is 4.75. The number of nitrogens with one attached hydrogen (secondary N) is 2. The number of amides is 3. The molecule has 1 heterocycles. The predicted molar refractivity (Wildman–Crippen MR) is 90.3 cm³/mol. The van der Waals surface area contributed by atoms with Crippen LogP contribution in [-0.4, -0.2) is 37.4 Å². The summed E-state index contributed by atoms with van der Waals surface area (Å²) in [7, 11) is 0. The van der Waals surface area contributed by atoms with Gasteiger partial charge in [0.05, 0.1) is 6.54 Å². The van der Waals surface area contributed by atoms with Gasteiger partial charge in [0, 0.05) is 36.3 Å². The number of nitrogens with two attached hydrogens (primary N) is 1. The van der Waals surface area contributed by atoms with E-state index in [-0.39, 0.29) is 23.7 Å². The summed E-state index contributed by atoms with van der Waals surface area (Å²) in [5.74, 6) is -1.25. The van der Waals surface area contributed by atoms with Crippen molar-refractivity contribution in [3.05, 3.63) is 24.3 Å². The lowest BCUT2D eigenvalue weighted by Gasteiger charge is -2.27. The molecule has 3 amide bonds. The van der Waals surface area contributed by atoms with Gasteiger partial charge in [-0.2, -0.15) is 0 Å². The van der Waals surface area contributed by atoms with Crippen molar-refractivity contribution in [2.24, 2.45) is 17.6 Å². The molecule has 0 radical (unpaired) electrons. The van der Waals surface area contributed by atoms with Gasteiger partial charge in [-0.1, -0.05) is 6.42 Å². The second-order valence-corrected chi connectivity index (χ2v) is 6.30. The van der Waals surface area contributed by atoms with E-state index in [1.54, 1.807) is 17.0 Å². The highest BCUT2D eigenvalue weighted by atomic mass is 16.2. The smallest absolute Gasteiger partial charge is 0.240 e. The molecule has 1 saturated heterocycles. The molecule has 2 aliphatic rings. The molecule has 4 N–H and O–H groups in total. The molecule has 1 aliphatic carbocycles. The number of hydrogen-bond acceptors (Lipinski definition) is 4. The monoisotopic (exact) mass is 330 g/mol. The first-order chi connectivity index (χ1) is 11.6. The average molecular weight is 330 g/mol. The molecule has 2 fully saturated rings. The van der Waals surface area contributed by atoms with Crippen LogP contribution in [-0.2, 0) is 14.4 Å². The van der Waals surface area contributed by atoms with Gasteiger partial charge in [0.15, 0.2) is 0 Å². The second-order valence-electron chi connectivity index (χ2n) is 6.30. The zero-order valence-corrected chi connectivity index (χ0v) is 13.5. The normalized spacial score (nSPS) is 24.0. The molecule has 1 aliphatic heterocycles. The van der Waals surface area contributed by atoms with Gasteiger partial charge in [-0.05, 0) is 37.1 Å². The van der Waals surface area contributed by atoms with Crippen molar-refractivity contribution in [2.45, 2.75) is 19.3 Å². The van der Waals surface area contributed by atoms with Gasteiger partial charge in [0.1, 0.15) is 0 Å². The standard InChI is InChI=1S/C17H22N4O3/c18-16(23)13-2-1-3-14(13)17(24)20-11-4-6-12(7-5-11)21-9-8-19-10-15(21)22/h4-7,13-14,19H,1-3,8-10H2,(H2,18,23)(H,20,24). The molecule has 2 unspecified atom stereocenters. The highest BCUT2D eigenvalue weighted by molar-refractivity contribution is 5.97. The number of benzene rings is 1. The zero-order chi connectivity index (χ0) is 17.1. The summed E-state index contributed by atoms with van der Waals surface area (Å²) in [6.07, 6.45) is 2.21. The number of carbonyl (C=O) groups is 3. The molecule has 2 atom stereocenters. The lowest BCUT2D eigenvalue weighted by atomic mass is 9.94. The first-order valence-electron chi connectivity index (χ1n) is 8.27. The highest BCUT2D eigenvalue weighted by Gasteiger charge is 2.36. The Morgan fingerprint density at radius 2 is 1.88 bits per heavy atom. The van der Waals surface area contributed by atoms with Gasteiger partial charge in [-0.15, -0.1) is 0 Å². The minimum Gasteiger partial charge on any atom is -0.369 e. The Balaban J connectivity index is 1.64. The lowest BCUT2D eigenvalue weighted by Crippen LogP contribution is -2.48. The van der Waals surface area contributed by atoms with Gasteiger partial charge >= 0.3 is 0 Å². The van der Waals surface area contributed by atoms with Gasteiger partial charge in [-0.25, -0.2) is 0 Å². The van der Waals surface area contributed by atoms with E-state index in [4.69, 9.17) is 5.73 Å². The highest BCUT2D eigenvalue weighted by Crippen LogP contribution is 2.32. The first-order valence-corrected chi connectivity index (χ1v) is 8.27. The van der Waals surface area contributed by atoms with Crippen LogP contribution in [0.4, 0.5) is 11.4 Å². The van der Waals surface area contributed by atoms with E-state index < -0.39 is 5.91 Å². The van der Waals surface area contributed by atoms with Gasteiger partial charge in [-0.3, -0.25) is 14.4 Å². The first kappa shape index (κ1) is 16.4. The maximum atomic E-state index is 12.4. The molecule has 3 rings (SSSR count). The van der Waals surface area contributed by atoms with E-state index in [0.717, 1.165) is 18.7 Å². The van der Waals surface area contributed by atoms with Crippen LogP contribution in [0.1, 0.15) is 19.3 Å². The average Bonchev–Trinajstić information content (AvgIpc) is 3.06. The molecular formula is C17H22N4O3. The largest absolute Gasteiger partial charge is 0.369 e. The van der Waals surface area contributed by atoms with E-state index >= 15 is 0 Å². The fourth-order valence-electron chi connectivity index (χ4n) is 3.45. The number of piperazine rings is 1. The summed E-state index contributed by atoms with van der Waals surface area (Å²) in [5, 5.41) is 5.88. The summed E-state index contributed by atoms with van der Waals surface area (Å²) >= 11 is 0. The van der Waals surface area contributed by atoms with E-state index in [1.165, 1.54) is 0 Å². The minimum atomic E-state index is -0.403.